The van der Waals surface area contributed by atoms with E-state index in [-0.39, 0.29) is 6.61 Å². The topological polar surface area (TPSA) is 47.6 Å². The molecule has 0 bridgehead atoms. The molecule has 1 aromatic carbocycles. The Morgan fingerprint density at radius 2 is 2.10 bits per heavy atom. The first-order valence-electron chi connectivity index (χ1n) is 6.87. The summed E-state index contributed by atoms with van der Waals surface area (Å²) in [7, 11) is 0. The average Bonchev–Trinajstić information content (AvgIpc) is 2.47. The summed E-state index contributed by atoms with van der Waals surface area (Å²) in [6.07, 6.45) is 1.16. The van der Waals surface area contributed by atoms with Crippen molar-refractivity contribution in [3.05, 3.63) is 35.9 Å². The third-order valence-electron chi connectivity index (χ3n) is 2.67. The Morgan fingerprint density at radius 3 is 2.75 bits per heavy atom. The van der Waals surface area contributed by atoms with Crippen LogP contribution in [0.5, 0.6) is 0 Å². The smallest absolute Gasteiger partial charge is 0.407 e. The lowest BCUT2D eigenvalue weighted by molar-refractivity contribution is 0.0831. The number of carbonyl (C=O) groups is 1. The molecule has 0 fully saturated rings. The number of amides is 1. The molecule has 1 amide bonds. The second-order valence-corrected chi connectivity index (χ2v) is 4.49. The molecule has 5 heteroatoms. The van der Waals surface area contributed by atoms with Gasteiger partial charge in [-0.2, -0.15) is 0 Å². The molecule has 0 aliphatic heterocycles. The molecule has 1 aromatic rings. The molecule has 0 aliphatic carbocycles. The maximum atomic E-state index is 12.8. The fourth-order valence-corrected chi connectivity index (χ4v) is 1.54. The van der Waals surface area contributed by atoms with Gasteiger partial charge in [0.2, 0.25) is 0 Å². The lowest BCUT2D eigenvalue weighted by Gasteiger charge is -2.15. The van der Waals surface area contributed by atoms with Gasteiger partial charge in [0.25, 0.3) is 0 Å². The molecule has 0 heterocycles. The van der Waals surface area contributed by atoms with Gasteiger partial charge < -0.3 is 14.8 Å². The maximum absolute atomic E-state index is 12.8. The van der Waals surface area contributed by atoms with Crippen molar-refractivity contribution < 1.29 is 18.7 Å². The van der Waals surface area contributed by atoms with Crippen molar-refractivity contribution in [3.8, 4) is 0 Å². The first-order valence-corrected chi connectivity index (χ1v) is 6.87. The molecular formula is C15H22FNO3. The SMILES string of the molecule is CCCCOC(=O)N[C@@H](CF)COCc1ccccc1. The van der Waals surface area contributed by atoms with E-state index in [0.29, 0.717) is 13.2 Å². The zero-order valence-corrected chi connectivity index (χ0v) is 11.8. The Morgan fingerprint density at radius 1 is 1.35 bits per heavy atom. The lowest BCUT2D eigenvalue weighted by atomic mass is 10.2. The number of alkyl halides is 1. The van der Waals surface area contributed by atoms with Gasteiger partial charge >= 0.3 is 6.09 Å². The maximum Gasteiger partial charge on any atom is 0.407 e. The molecular weight excluding hydrogens is 261 g/mol. The first kappa shape index (κ1) is 16.4. The third kappa shape index (κ3) is 7.09. The molecule has 0 saturated heterocycles. The molecule has 1 atom stereocenters. The van der Waals surface area contributed by atoms with Gasteiger partial charge in [-0.05, 0) is 12.0 Å². The number of hydrogen-bond donors (Lipinski definition) is 1. The molecule has 112 valence electrons. The zero-order chi connectivity index (χ0) is 14.6. The highest BCUT2D eigenvalue weighted by Gasteiger charge is 2.13. The van der Waals surface area contributed by atoms with Crippen LogP contribution < -0.4 is 5.32 Å². The Balaban J connectivity index is 2.20. The van der Waals surface area contributed by atoms with Crippen LogP contribution in [0.25, 0.3) is 0 Å². The van der Waals surface area contributed by atoms with Crippen molar-refractivity contribution in [2.75, 3.05) is 19.9 Å². The highest BCUT2D eigenvalue weighted by Crippen LogP contribution is 2.01. The van der Waals surface area contributed by atoms with Crippen LogP contribution >= 0.6 is 0 Å². The average molecular weight is 283 g/mol. The molecule has 0 radical (unpaired) electrons. The van der Waals surface area contributed by atoms with Crippen molar-refractivity contribution >= 4 is 6.09 Å². The molecule has 4 nitrogen and oxygen atoms in total. The lowest BCUT2D eigenvalue weighted by Crippen LogP contribution is -2.40. The monoisotopic (exact) mass is 283 g/mol. The van der Waals surface area contributed by atoms with E-state index in [1.165, 1.54) is 0 Å². The van der Waals surface area contributed by atoms with E-state index in [9.17, 15) is 9.18 Å². The van der Waals surface area contributed by atoms with Gasteiger partial charge in [0, 0.05) is 0 Å². The van der Waals surface area contributed by atoms with E-state index >= 15 is 0 Å². The van der Waals surface area contributed by atoms with Gasteiger partial charge in [0.1, 0.15) is 6.67 Å². The van der Waals surface area contributed by atoms with Crippen LogP contribution in [0.1, 0.15) is 25.3 Å². The summed E-state index contributed by atoms with van der Waals surface area (Å²) >= 11 is 0. The summed E-state index contributed by atoms with van der Waals surface area (Å²) in [5.74, 6) is 0. The minimum absolute atomic E-state index is 0.119. The molecule has 1 rings (SSSR count). The number of halogens is 1. The Labute approximate surface area is 119 Å². The fraction of sp³-hybridized carbons (Fsp3) is 0.533. The van der Waals surface area contributed by atoms with E-state index in [0.717, 1.165) is 18.4 Å². The van der Waals surface area contributed by atoms with Gasteiger partial charge in [0.15, 0.2) is 0 Å². The second-order valence-electron chi connectivity index (χ2n) is 4.49. The molecule has 0 aromatic heterocycles. The van der Waals surface area contributed by atoms with E-state index in [4.69, 9.17) is 9.47 Å². The number of alkyl carbamates (subject to hydrolysis) is 1. The van der Waals surface area contributed by atoms with Gasteiger partial charge in [-0.15, -0.1) is 0 Å². The molecule has 20 heavy (non-hydrogen) atoms. The van der Waals surface area contributed by atoms with Crippen molar-refractivity contribution in [1.29, 1.82) is 0 Å². The minimum atomic E-state index is -0.683. The normalized spacial score (nSPS) is 11.9. The summed E-state index contributed by atoms with van der Waals surface area (Å²) in [6.45, 7) is 2.19. The van der Waals surface area contributed by atoms with Crippen LogP contribution in [-0.2, 0) is 16.1 Å². The predicted molar refractivity (Wildman–Crippen MR) is 75.3 cm³/mol. The number of rotatable bonds is 9. The third-order valence-corrected chi connectivity index (χ3v) is 2.67. The molecule has 0 unspecified atom stereocenters. The van der Waals surface area contributed by atoms with E-state index in [1.807, 2.05) is 37.3 Å². The van der Waals surface area contributed by atoms with Crippen LogP contribution in [-0.4, -0.2) is 32.0 Å². The minimum Gasteiger partial charge on any atom is -0.450 e. The van der Waals surface area contributed by atoms with Crippen molar-refractivity contribution in [2.45, 2.75) is 32.4 Å². The van der Waals surface area contributed by atoms with Gasteiger partial charge in [-0.25, -0.2) is 9.18 Å². The van der Waals surface area contributed by atoms with Crippen LogP contribution in [0.4, 0.5) is 9.18 Å². The highest BCUT2D eigenvalue weighted by molar-refractivity contribution is 5.67. The Hall–Kier alpha value is -1.62. The highest BCUT2D eigenvalue weighted by atomic mass is 19.1. The largest absolute Gasteiger partial charge is 0.450 e. The van der Waals surface area contributed by atoms with Crippen LogP contribution in [0.2, 0.25) is 0 Å². The number of hydrogen-bond acceptors (Lipinski definition) is 3. The molecule has 0 saturated carbocycles. The van der Waals surface area contributed by atoms with Crippen molar-refractivity contribution in [3.63, 3.8) is 0 Å². The van der Waals surface area contributed by atoms with Gasteiger partial charge in [-0.3, -0.25) is 0 Å². The second kappa shape index (κ2) is 10.2. The fourth-order valence-electron chi connectivity index (χ4n) is 1.54. The van der Waals surface area contributed by atoms with Crippen LogP contribution in [0.3, 0.4) is 0 Å². The number of carbonyl (C=O) groups excluding carboxylic acids is 1. The number of benzene rings is 1. The standard InChI is InChI=1S/C15H22FNO3/c1-2-3-9-20-15(18)17-14(10-16)12-19-11-13-7-5-4-6-8-13/h4-8,14H,2-3,9-12H2,1H3,(H,17,18)/t14-/m0/s1. The predicted octanol–water partition coefficient (Wildman–Crippen LogP) is 3.07. The Kier molecular flexibility index (Phi) is 8.38. The van der Waals surface area contributed by atoms with E-state index < -0.39 is 18.8 Å². The van der Waals surface area contributed by atoms with E-state index in [1.54, 1.807) is 0 Å². The summed E-state index contributed by atoms with van der Waals surface area (Å²) in [4.78, 5) is 11.4. The zero-order valence-electron chi connectivity index (χ0n) is 11.8. The van der Waals surface area contributed by atoms with Crippen LogP contribution in [0, 0.1) is 0 Å². The molecule has 0 aliphatic rings. The summed E-state index contributed by atoms with van der Waals surface area (Å²) < 4.78 is 23.1. The van der Waals surface area contributed by atoms with Crippen molar-refractivity contribution in [2.24, 2.45) is 0 Å². The van der Waals surface area contributed by atoms with E-state index in [2.05, 4.69) is 5.32 Å². The quantitative estimate of drug-likeness (QED) is 0.708. The summed E-state index contributed by atoms with van der Waals surface area (Å²) in [6, 6.07) is 8.92. The molecule has 0 spiro atoms. The number of ether oxygens (including phenoxy) is 2. The van der Waals surface area contributed by atoms with Gasteiger partial charge in [-0.1, -0.05) is 43.7 Å². The van der Waals surface area contributed by atoms with Crippen LogP contribution in [0.15, 0.2) is 30.3 Å². The molecule has 1 N–H and O–H groups in total. The number of unbranched alkanes of at least 4 members (excludes halogenated alkanes) is 1. The Bertz CT molecular complexity index is 373. The summed E-state index contributed by atoms with van der Waals surface area (Å²) in [5, 5.41) is 2.45. The number of nitrogens with one attached hydrogen (secondary N) is 1. The van der Waals surface area contributed by atoms with Crippen molar-refractivity contribution in [1.82, 2.24) is 5.32 Å². The first-order chi connectivity index (χ1) is 9.76. The summed E-state index contributed by atoms with van der Waals surface area (Å²) in [5.41, 5.74) is 1.01. The van der Waals surface area contributed by atoms with Gasteiger partial charge in [0.05, 0.1) is 25.9 Å².